The van der Waals surface area contributed by atoms with Crippen molar-refractivity contribution in [2.45, 2.75) is 58.4 Å². The number of nitrogens with one attached hydrogen (secondary N) is 1. The van der Waals surface area contributed by atoms with Crippen molar-refractivity contribution in [1.82, 2.24) is 5.32 Å². The summed E-state index contributed by atoms with van der Waals surface area (Å²) in [4.78, 5) is 0. The molecule has 108 valence electrons. The molecule has 1 atom stereocenters. The van der Waals surface area contributed by atoms with Crippen LogP contribution in [-0.2, 0) is 6.42 Å². The van der Waals surface area contributed by atoms with E-state index in [2.05, 4.69) is 31.3 Å². The summed E-state index contributed by atoms with van der Waals surface area (Å²) in [5.41, 5.74) is 1.41. The predicted molar refractivity (Wildman–Crippen MR) is 82.9 cm³/mol. The van der Waals surface area contributed by atoms with Crippen LogP contribution in [-0.4, -0.2) is 19.7 Å². The van der Waals surface area contributed by atoms with Gasteiger partial charge in [0.2, 0.25) is 0 Å². The zero-order valence-electron chi connectivity index (χ0n) is 12.7. The highest BCUT2D eigenvalue weighted by atomic mass is 16.5. The van der Waals surface area contributed by atoms with E-state index in [1.54, 1.807) is 7.11 Å². The molecule has 0 aliphatic rings. The Kier molecular flexibility index (Phi) is 8.31. The second-order valence-electron chi connectivity index (χ2n) is 5.14. The molecule has 0 aliphatic carbocycles. The van der Waals surface area contributed by atoms with Gasteiger partial charge in [-0.1, -0.05) is 38.8 Å². The first-order chi connectivity index (χ1) is 9.30. The summed E-state index contributed by atoms with van der Waals surface area (Å²) in [6.45, 7) is 5.55. The summed E-state index contributed by atoms with van der Waals surface area (Å²) < 4.78 is 5.17. The van der Waals surface area contributed by atoms with Crippen molar-refractivity contribution >= 4 is 0 Å². The Morgan fingerprint density at radius 3 is 2.37 bits per heavy atom. The van der Waals surface area contributed by atoms with Crippen LogP contribution in [0.3, 0.4) is 0 Å². The van der Waals surface area contributed by atoms with Gasteiger partial charge in [-0.05, 0) is 49.9 Å². The Bertz CT molecular complexity index is 315. The van der Waals surface area contributed by atoms with E-state index in [1.807, 2.05) is 12.1 Å². The number of benzene rings is 1. The van der Waals surface area contributed by atoms with Crippen LogP contribution in [0.1, 0.15) is 51.5 Å². The van der Waals surface area contributed by atoms with Gasteiger partial charge < -0.3 is 10.1 Å². The van der Waals surface area contributed by atoms with Gasteiger partial charge in [0.1, 0.15) is 5.75 Å². The molecule has 19 heavy (non-hydrogen) atoms. The fourth-order valence-corrected chi connectivity index (χ4v) is 2.50. The minimum absolute atomic E-state index is 0.714. The highest BCUT2D eigenvalue weighted by Crippen LogP contribution is 2.14. The van der Waals surface area contributed by atoms with Crippen molar-refractivity contribution in [3.05, 3.63) is 29.8 Å². The molecular weight excluding hydrogens is 234 g/mol. The normalized spacial score (nSPS) is 12.4. The van der Waals surface area contributed by atoms with Gasteiger partial charge in [0.15, 0.2) is 0 Å². The molecule has 0 saturated heterocycles. The van der Waals surface area contributed by atoms with Gasteiger partial charge in [-0.2, -0.15) is 0 Å². The maximum absolute atomic E-state index is 5.17. The third-order valence-electron chi connectivity index (χ3n) is 3.56. The third kappa shape index (κ3) is 6.63. The number of aryl methyl sites for hydroxylation is 1. The van der Waals surface area contributed by atoms with E-state index >= 15 is 0 Å². The number of rotatable bonds is 10. The average Bonchev–Trinajstić information content (AvgIpc) is 2.44. The number of unbranched alkanes of at least 4 members (excludes halogenated alkanes) is 1. The Morgan fingerprint density at radius 2 is 1.79 bits per heavy atom. The van der Waals surface area contributed by atoms with Crippen molar-refractivity contribution in [1.29, 1.82) is 0 Å². The quantitative estimate of drug-likeness (QED) is 0.639. The molecule has 1 aromatic rings. The largest absolute Gasteiger partial charge is 0.497 e. The van der Waals surface area contributed by atoms with Crippen LogP contribution in [0.25, 0.3) is 0 Å². The summed E-state index contributed by atoms with van der Waals surface area (Å²) in [6.07, 6.45) is 7.64. The van der Waals surface area contributed by atoms with E-state index in [4.69, 9.17) is 4.74 Å². The van der Waals surface area contributed by atoms with Crippen LogP contribution < -0.4 is 10.1 Å². The van der Waals surface area contributed by atoms with Gasteiger partial charge in [0, 0.05) is 6.04 Å². The molecule has 1 unspecified atom stereocenters. The molecule has 0 bridgehead atoms. The van der Waals surface area contributed by atoms with Gasteiger partial charge in [-0.15, -0.1) is 0 Å². The molecule has 2 heteroatoms. The van der Waals surface area contributed by atoms with Crippen LogP contribution in [0, 0.1) is 0 Å². The van der Waals surface area contributed by atoms with Gasteiger partial charge in [-0.3, -0.25) is 0 Å². The molecule has 2 nitrogen and oxygen atoms in total. The number of hydrogen-bond acceptors (Lipinski definition) is 2. The minimum atomic E-state index is 0.714. The molecule has 0 aliphatic heterocycles. The molecule has 0 radical (unpaired) electrons. The Morgan fingerprint density at radius 1 is 1.05 bits per heavy atom. The first-order valence-electron chi connectivity index (χ1n) is 7.66. The Labute approximate surface area is 118 Å². The summed E-state index contributed by atoms with van der Waals surface area (Å²) in [5, 5.41) is 3.58. The molecule has 0 fully saturated rings. The van der Waals surface area contributed by atoms with Gasteiger partial charge in [0.25, 0.3) is 0 Å². The fraction of sp³-hybridized carbons (Fsp3) is 0.647. The van der Waals surface area contributed by atoms with Crippen LogP contribution in [0.4, 0.5) is 0 Å². The van der Waals surface area contributed by atoms with E-state index in [9.17, 15) is 0 Å². The van der Waals surface area contributed by atoms with E-state index in [1.165, 1.54) is 44.1 Å². The molecule has 1 N–H and O–H groups in total. The lowest BCUT2D eigenvalue weighted by molar-refractivity contribution is 0.414. The van der Waals surface area contributed by atoms with Crippen molar-refractivity contribution in [3.8, 4) is 5.75 Å². The van der Waals surface area contributed by atoms with Crippen molar-refractivity contribution in [2.75, 3.05) is 13.7 Å². The van der Waals surface area contributed by atoms with Crippen LogP contribution in [0.15, 0.2) is 24.3 Å². The molecular formula is C17H29NO. The summed E-state index contributed by atoms with van der Waals surface area (Å²) >= 11 is 0. The minimum Gasteiger partial charge on any atom is -0.497 e. The van der Waals surface area contributed by atoms with Crippen molar-refractivity contribution < 1.29 is 4.74 Å². The highest BCUT2D eigenvalue weighted by molar-refractivity contribution is 5.27. The Hall–Kier alpha value is -1.02. The average molecular weight is 263 g/mol. The molecule has 0 heterocycles. The zero-order chi connectivity index (χ0) is 13.9. The van der Waals surface area contributed by atoms with E-state index in [-0.39, 0.29) is 0 Å². The van der Waals surface area contributed by atoms with Crippen LogP contribution in [0.5, 0.6) is 5.75 Å². The molecule has 1 rings (SSSR count). The zero-order valence-corrected chi connectivity index (χ0v) is 12.7. The second kappa shape index (κ2) is 9.85. The summed E-state index contributed by atoms with van der Waals surface area (Å²) in [7, 11) is 1.71. The first kappa shape index (κ1) is 16.0. The smallest absolute Gasteiger partial charge is 0.118 e. The lowest BCUT2D eigenvalue weighted by Crippen LogP contribution is -2.28. The van der Waals surface area contributed by atoms with Gasteiger partial charge >= 0.3 is 0 Å². The van der Waals surface area contributed by atoms with Crippen LogP contribution in [0.2, 0.25) is 0 Å². The maximum atomic E-state index is 5.17. The molecule has 0 saturated carbocycles. The number of methoxy groups -OCH3 is 1. The third-order valence-corrected chi connectivity index (χ3v) is 3.56. The fourth-order valence-electron chi connectivity index (χ4n) is 2.50. The maximum Gasteiger partial charge on any atom is 0.118 e. The standard InChI is InChI=1S/C17H29NO/c1-4-8-16(18-5-2)10-7-6-9-15-11-13-17(19-3)14-12-15/h11-14,16,18H,4-10H2,1-3H3. The van der Waals surface area contributed by atoms with Gasteiger partial charge in [-0.25, -0.2) is 0 Å². The summed E-state index contributed by atoms with van der Waals surface area (Å²) in [6, 6.07) is 9.16. The predicted octanol–water partition coefficient (Wildman–Crippen LogP) is 4.19. The second-order valence-corrected chi connectivity index (χ2v) is 5.14. The van der Waals surface area contributed by atoms with Gasteiger partial charge in [0.05, 0.1) is 7.11 Å². The monoisotopic (exact) mass is 263 g/mol. The van der Waals surface area contributed by atoms with E-state index in [0.29, 0.717) is 6.04 Å². The first-order valence-corrected chi connectivity index (χ1v) is 7.66. The van der Waals surface area contributed by atoms with Crippen molar-refractivity contribution in [2.24, 2.45) is 0 Å². The van der Waals surface area contributed by atoms with E-state index in [0.717, 1.165) is 12.3 Å². The topological polar surface area (TPSA) is 21.3 Å². The SMILES string of the molecule is CCCC(CCCCc1ccc(OC)cc1)NCC. The van der Waals surface area contributed by atoms with Crippen molar-refractivity contribution in [3.63, 3.8) is 0 Å². The summed E-state index contributed by atoms with van der Waals surface area (Å²) in [5.74, 6) is 0.943. The lowest BCUT2D eigenvalue weighted by Gasteiger charge is -2.16. The lowest BCUT2D eigenvalue weighted by atomic mass is 10.0. The van der Waals surface area contributed by atoms with Crippen LogP contribution >= 0.6 is 0 Å². The molecule has 0 amide bonds. The molecule has 0 spiro atoms. The Balaban J connectivity index is 2.21. The number of ether oxygens (including phenoxy) is 1. The highest BCUT2D eigenvalue weighted by Gasteiger charge is 2.05. The number of hydrogen-bond donors (Lipinski definition) is 1. The molecule has 1 aromatic carbocycles. The molecule has 0 aromatic heterocycles. The van der Waals surface area contributed by atoms with E-state index < -0.39 is 0 Å².